The van der Waals surface area contributed by atoms with E-state index in [1.54, 1.807) is 30.5 Å². The third-order valence-corrected chi connectivity index (χ3v) is 5.23. The van der Waals surface area contributed by atoms with E-state index in [4.69, 9.17) is 21.1 Å². The second kappa shape index (κ2) is 10.7. The van der Waals surface area contributed by atoms with Crippen molar-refractivity contribution in [3.8, 4) is 11.5 Å². The van der Waals surface area contributed by atoms with Crippen molar-refractivity contribution >= 4 is 34.5 Å². The van der Waals surface area contributed by atoms with Gasteiger partial charge in [-0.15, -0.1) is 0 Å². The maximum atomic E-state index is 12.2. The molecule has 1 N–H and O–H groups in total. The summed E-state index contributed by atoms with van der Waals surface area (Å²) in [7, 11) is 0. The van der Waals surface area contributed by atoms with Gasteiger partial charge in [0.1, 0.15) is 6.61 Å². The van der Waals surface area contributed by atoms with Crippen LogP contribution >= 0.6 is 11.6 Å². The summed E-state index contributed by atoms with van der Waals surface area (Å²) in [6, 6.07) is 26.6. The molecule has 0 bridgehead atoms. The van der Waals surface area contributed by atoms with E-state index < -0.39 is 0 Å². The standard InChI is InChI=1S/C27H23ClN2O3/c1-2-32-26-15-19(17-29-30-27(31)21-9-6-11-23(28)16-21)13-14-25(26)33-18-22-10-5-8-20-7-3-4-12-24(20)22/h3-17H,2,18H2,1H3,(H,30,31)/b29-17-. The normalized spacial score (nSPS) is 11.0. The Bertz CT molecular complexity index is 1300. The fraction of sp³-hybridized carbons (Fsp3) is 0.111. The summed E-state index contributed by atoms with van der Waals surface area (Å²) in [5.41, 5.74) is 4.81. The topological polar surface area (TPSA) is 59.9 Å². The molecule has 0 aromatic heterocycles. The Balaban J connectivity index is 1.45. The predicted molar refractivity (Wildman–Crippen MR) is 132 cm³/mol. The summed E-state index contributed by atoms with van der Waals surface area (Å²) in [6.45, 7) is 2.84. The quantitative estimate of drug-likeness (QED) is 0.251. The summed E-state index contributed by atoms with van der Waals surface area (Å²) in [5.74, 6) is 0.918. The average molecular weight is 459 g/mol. The fourth-order valence-corrected chi connectivity index (χ4v) is 3.62. The molecule has 0 heterocycles. The SMILES string of the molecule is CCOc1cc(/C=N\NC(=O)c2cccc(Cl)c2)ccc1OCc1cccc2ccccc12. The van der Waals surface area contributed by atoms with Gasteiger partial charge in [0, 0.05) is 10.6 Å². The molecule has 0 spiro atoms. The summed E-state index contributed by atoms with van der Waals surface area (Å²) in [5, 5.41) is 6.87. The first-order valence-electron chi connectivity index (χ1n) is 10.6. The number of benzene rings is 4. The molecule has 0 atom stereocenters. The molecule has 4 rings (SSSR count). The highest BCUT2D eigenvalue weighted by Gasteiger charge is 2.09. The van der Waals surface area contributed by atoms with Crippen molar-refractivity contribution in [2.45, 2.75) is 13.5 Å². The lowest BCUT2D eigenvalue weighted by molar-refractivity contribution is 0.0955. The maximum absolute atomic E-state index is 12.2. The van der Waals surface area contributed by atoms with Gasteiger partial charge < -0.3 is 9.47 Å². The Kier molecular flexibility index (Phi) is 7.22. The highest BCUT2D eigenvalue weighted by molar-refractivity contribution is 6.30. The van der Waals surface area contributed by atoms with Crippen LogP contribution in [0.1, 0.15) is 28.4 Å². The Labute approximate surface area is 197 Å². The van der Waals surface area contributed by atoms with Gasteiger partial charge in [-0.05, 0) is 65.2 Å². The van der Waals surface area contributed by atoms with Crippen LogP contribution in [0.5, 0.6) is 11.5 Å². The number of fused-ring (bicyclic) bond motifs is 1. The minimum atomic E-state index is -0.339. The molecule has 166 valence electrons. The van der Waals surface area contributed by atoms with Crippen LogP contribution in [0.15, 0.2) is 90.0 Å². The van der Waals surface area contributed by atoms with E-state index in [1.807, 2.05) is 43.3 Å². The molecule has 6 heteroatoms. The van der Waals surface area contributed by atoms with Gasteiger partial charge in [-0.3, -0.25) is 4.79 Å². The molecule has 0 aliphatic rings. The number of nitrogens with zero attached hydrogens (tertiary/aromatic N) is 1. The van der Waals surface area contributed by atoms with Crippen LogP contribution in [0.3, 0.4) is 0 Å². The highest BCUT2D eigenvalue weighted by atomic mass is 35.5. The Morgan fingerprint density at radius 3 is 2.61 bits per heavy atom. The van der Waals surface area contributed by atoms with Crippen LogP contribution in [0.2, 0.25) is 5.02 Å². The van der Waals surface area contributed by atoms with Crippen LogP contribution in [-0.4, -0.2) is 18.7 Å². The van der Waals surface area contributed by atoms with Crippen molar-refractivity contribution in [1.82, 2.24) is 5.43 Å². The summed E-state index contributed by atoms with van der Waals surface area (Å²) in [4.78, 5) is 12.2. The molecule has 1 amide bonds. The summed E-state index contributed by atoms with van der Waals surface area (Å²) < 4.78 is 11.9. The van der Waals surface area contributed by atoms with Crippen molar-refractivity contribution in [1.29, 1.82) is 0 Å². The van der Waals surface area contributed by atoms with Gasteiger partial charge in [-0.25, -0.2) is 5.43 Å². The van der Waals surface area contributed by atoms with Gasteiger partial charge in [-0.1, -0.05) is 60.1 Å². The zero-order valence-corrected chi connectivity index (χ0v) is 18.9. The van der Waals surface area contributed by atoms with Gasteiger partial charge in [0.2, 0.25) is 0 Å². The second-order valence-electron chi connectivity index (χ2n) is 7.28. The number of hydrogen-bond acceptors (Lipinski definition) is 4. The smallest absolute Gasteiger partial charge is 0.271 e. The summed E-state index contributed by atoms with van der Waals surface area (Å²) >= 11 is 5.93. The lowest BCUT2D eigenvalue weighted by Gasteiger charge is -2.13. The van der Waals surface area contributed by atoms with E-state index in [0.29, 0.717) is 35.3 Å². The Morgan fingerprint density at radius 1 is 0.939 bits per heavy atom. The molecule has 5 nitrogen and oxygen atoms in total. The van der Waals surface area contributed by atoms with E-state index in [1.165, 1.54) is 5.39 Å². The molecule has 0 fully saturated rings. The fourth-order valence-electron chi connectivity index (χ4n) is 3.43. The number of nitrogens with one attached hydrogen (secondary N) is 1. The third-order valence-electron chi connectivity index (χ3n) is 5.00. The molecule has 0 aliphatic heterocycles. The predicted octanol–water partition coefficient (Wildman–Crippen LogP) is 6.23. The van der Waals surface area contributed by atoms with Crippen molar-refractivity contribution in [2.24, 2.45) is 5.10 Å². The van der Waals surface area contributed by atoms with E-state index >= 15 is 0 Å². The van der Waals surface area contributed by atoms with Crippen molar-refractivity contribution in [3.05, 3.63) is 107 Å². The maximum Gasteiger partial charge on any atom is 0.271 e. The van der Waals surface area contributed by atoms with Crippen LogP contribution in [0.4, 0.5) is 0 Å². The van der Waals surface area contributed by atoms with E-state index in [0.717, 1.165) is 16.5 Å². The van der Waals surface area contributed by atoms with Crippen LogP contribution in [0, 0.1) is 0 Å². The molecule has 0 saturated heterocycles. The first kappa shape index (κ1) is 22.4. The first-order valence-corrected chi connectivity index (χ1v) is 11.0. The number of amides is 1. The molecular formula is C27H23ClN2O3. The Hall–Kier alpha value is -3.83. The van der Waals surface area contributed by atoms with Crippen LogP contribution in [0.25, 0.3) is 10.8 Å². The molecule has 4 aromatic rings. The van der Waals surface area contributed by atoms with Crippen molar-refractivity contribution < 1.29 is 14.3 Å². The monoisotopic (exact) mass is 458 g/mol. The average Bonchev–Trinajstić information content (AvgIpc) is 2.83. The lowest BCUT2D eigenvalue weighted by atomic mass is 10.1. The molecule has 0 aliphatic carbocycles. The lowest BCUT2D eigenvalue weighted by Crippen LogP contribution is -2.17. The number of hydrazone groups is 1. The molecule has 0 radical (unpaired) electrons. The van der Waals surface area contributed by atoms with Gasteiger partial charge in [0.15, 0.2) is 11.5 Å². The van der Waals surface area contributed by atoms with Gasteiger partial charge in [0.05, 0.1) is 12.8 Å². The molecule has 33 heavy (non-hydrogen) atoms. The number of rotatable bonds is 8. The molecular weight excluding hydrogens is 436 g/mol. The molecule has 0 unspecified atom stereocenters. The minimum absolute atomic E-state index is 0.339. The number of ether oxygens (including phenoxy) is 2. The first-order chi connectivity index (χ1) is 16.1. The van der Waals surface area contributed by atoms with E-state index in [2.05, 4.69) is 34.8 Å². The highest BCUT2D eigenvalue weighted by Crippen LogP contribution is 2.30. The largest absolute Gasteiger partial charge is 0.490 e. The Morgan fingerprint density at radius 2 is 1.76 bits per heavy atom. The van der Waals surface area contributed by atoms with Crippen molar-refractivity contribution in [2.75, 3.05) is 6.61 Å². The summed E-state index contributed by atoms with van der Waals surface area (Å²) in [6.07, 6.45) is 1.56. The molecule has 0 saturated carbocycles. The van der Waals surface area contributed by atoms with Crippen LogP contribution in [-0.2, 0) is 6.61 Å². The number of hydrogen-bond donors (Lipinski definition) is 1. The van der Waals surface area contributed by atoms with E-state index in [-0.39, 0.29) is 5.91 Å². The van der Waals surface area contributed by atoms with Gasteiger partial charge >= 0.3 is 0 Å². The zero-order chi connectivity index (χ0) is 23.0. The van der Waals surface area contributed by atoms with Crippen molar-refractivity contribution in [3.63, 3.8) is 0 Å². The van der Waals surface area contributed by atoms with Gasteiger partial charge in [0.25, 0.3) is 5.91 Å². The van der Waals surface area contributed by atoms with Crippen LogP contribution < -0.4 is 14.9 Å². The third kappa shape index (κ3) is 5.70. The number of carbonyl (C=O) groups is 1. The minimum Gasteiger partial charge on any atom is -0.490 e. The second-order valence-corrected chi connectivity index (χ2v) is 7.71. The number of halogens is 1. The van der Waals surface area contributed by atoms with Gasteiger partial charge in [-0.2, -0.15) is 5.10 Å². The molecule has 4 aromatic carbocycles. The number of carbonyl (C=O) groups excluding carboxylic acids is 1. The van der Waals surface area contributed by atoms with E-state index in [9.17, 15) is 4.79 Å². The zero-order valence-electron chi connectivity index (χ0n) is 18.1.